The Morgan fingerprint density at radius 2 is 1.81 bits per heavy atom. The molecule has 0 fully saturated rings. The van der Waals surface area contributed by atoms with Gasteiger partial charge in [-0.1, -0.05) is 55.2 Å². The molecule has 0 aromatic heterocycles. The summed E-state index contributed by atoms with van der Waals surface area (Å²) in [5, 5.41) is 3.28. The van der Waals surface area contributed by atoms with Gasteiger partial charge in [-0.25, -0.2) is 0 Å². The molecule has 2 aromatic rings. The van der Waals surface area contributed by atoms with E-state index in [4.69, 9.17) is 17.0 Å². The maximum absolute atomic E-state index is 5.45. The second-order valence-corrected chi connectivity index (χ2v) is 5.02. The van der Waals surface area contributed by atoms with E-state index in [1.165, 1.54) is 5.56 Å². The molecular formula is C18H19NOS. The van der Waals surface area contributed by atoms with Crippen LogP contribution in [0.1, 0.15) is 11.1 Å². The van der Waals surface area contributed by atoms with Crippen molar-refractivity contribution in [3.63, 3.8) is 0 Å². The molecule has 0 aliphatic carbocycles. The number of hydrogen-bond acceptors (Lipinski definition) is 2. The number of rotatable bonds is 7. The fraction of sp³-hybridized carbons (Fsp3) is 0.167. The summed E-state index contributed by atoms with van der Waals surface area (Å²) in [5.41, 5.74) is 2.31. The zero-order valence-corrected chi connectivity index (χ0v) is 12.7. The van der Waals surface area contributed by atoms with Gasteiger partial charge in [-0.05, 0) is 36.2 Å². The van der Waals surface area contributed by atoms with Crippen molar-refractivity contribution in [2.45, 2.75) is 6.42 Å². The lowest BCUT2D eigenvalue weighted by Crippen LogP contribution is -2.24. The summed E-state index contributed by atoms with van der Waals surface area (Å²) >= 11 is 5.40. The Labute approximate surface area is 131 Å². The van der Waals surface area contributed by atoms with E-state index in [2.05, 4.69) is 36.2 Å². The predicted octanol–water partition coefficient (Wildman–Crippen LogP) is 3.76. The molecule has 0 radical (unpaired) electrons. The average molecular weight is 297 g/mol. The van der Waals surface area contributed by atoms with Crippen LogP contribution in [-0.2, 0) is 6.42 Å². The van der Waals surface area contributed by atoms with E-state index in [1.54, 1.807) is 6.08 Å². The van der Waals surface area contributed by atoms with Crippen LogP contribution < -0.4 is 10.1 Å². The Morgan fingerprint density at radius 3 is 2.48 bits per heavy atom. The topological polar surface area (TPSA) is 21.3 Å². The molecule has 21 heavy (non-hydrogen) atoms. The monoisotopic (exact) mass is 297 g/mol. The number of benzene rings is 2. The molecule has 0 saturated heterocycles. The summed E-state index contributed by atoms with van der Waals surface area (Å²) in [5.74, 6) is 0.825. The molecule has 2 nitrogen and oxygen atoms in total. The quantitative estimate of drug-likeness (QED) is 0.621. The first-order valence-corrected chi connectivity index (χ1v) is 7.36. The molecule has 0 aliphatic heterocycles. The molecule has 0 saturated carbocycles. The van der Waals surface area contributed by atoms with Gasteiger partial charge in [0.15, 0.2) is 0 Å². The summed E-state index contributed by atoms with van der Waals surface area (Å²) in [4.78, 5) is 0.765. The van der Waals surface area contributed by atoms with Gasteiger partial charge in [-0.3, -0.25) is 0 Å². The molecule has 0 aliphatic rings. The van der Waals surface area contributed by atoms with Gasteiger partial charge >= 0.3 is 0 Å². The predicted molar refractivity (Wildman–Crippen MR) is 92.0 cm³/mol. The molecular weight excluding hydrogens is 278 g/mol. The number of thiocarbonyl (C=S) groups is 1. The van der Waals surface area contributed by atoms with Crippen LogP contribution >= 0.6 is 12.2 Å². The largest absolute Gasteiger partial charge is 0.490 e. The fourth-order valence-corrected chi connectivity index (χ4v) is 2.16. The van der Waals surface area contributed by atoms with Crippen LogP contribution in [0.3, 0.4) is 0 Å². The number of nitrogens with one attached hydrogen (secondary N) is 1. The minimum atomic E-state index is 0.513. The third kappa shape index (κ3) is 5.04. The SMILES string of the molecule is C=CCOc1ccc(C(=S)NCCc2ccccc2)cc1. The van der Waals surface area contributed by atoms with Crippen molar-refractivity contribution in [1.82, 2.24) is 5.32 Å². The molecule has 108 valence electrons. The molecule has 0 amide bonds. The molecule has 0 spiro atoms. The summed E-state index contributed by atoms with van der Waals surface area (Å²) in [7, 11) is 0. The standard InChI is InChI=1S/C18H19NOS/c1-2-14-20-17-10-8-16(9-11-17)18(21)19-13-12-15-6-4-3-5-7-15/h2-11H,1,12-14H2,(H,19,21). The van der Waals surface area contributed by atoms with Gasteiger partial charge in [-0.15, -0.1) is 0 Å². The van der Waals surface area contributed by atoms with E-state index in [-0.39, 0.29) is 0 Å². The zero-order chi connectivity index (χ0) is 14.9. The van der Waals surface area contributed by atoms with Gasteiger partial charge < -0.3 is 10.1 Å². The van der Waals surface area contributed by atoms with Gasteiger partial charge in [0.1, 0.15) is 17.3 Å². The first-order valence-electron chi connectivity index (χ1n) is 6.95. The second-order valence-electron chi connectivity index (χ2n) is 4.62. The Kier molecular flexibility index (Phi) is 5.98. The maximum Gasteiger partial charge on any atom is 0.119 e. The van der Waals surface area contributed by atoms with Crippen LogP contribution in [0.5, 0.6) is 5.75 Å². The minimum Gasteiger partial charge on any atom is -0.490 e. The number of ether oxygens (including phenoxy) is 1. The molecule has 1 N–H and O–H groups in total. The maximum atomic E-state index is 5.45. The molecule has 3 heteroatoms. The van der Waals surface area contributed by atoms with Gasteiger partial charge in [0, 0.05) is 12.1 Å². The molecule has 0 heterocycles. The summed E-state index contributed by atoms with van der Waals surface area (Å²) in [6.07, 6.45) is 2.69. The van der Waals surface area contributed by atoms with Crippen LogP contribution in [0.15, 0.2) is 67.3 Å². The lowest BCUT2D eigenvalue weighted by Gasteiger charge is -2.09. The Bertz CT molecular complexity index is 578. The van der Waals surface area contributed by atoms with Crippen molar-refractivity contribution < 1.29 is 4.74 Å². The summed E-state index contributed by atoms with van der Waals surface area (Å²) in [6.45, 7) is 4.97. The molecule has 0 atom stereocenters. The van der Waals surface area contributed by atoms with E-state index in [1.807, 2.05) is 30.3 Å². The molecule has 2 aromatic carbocycles. The highest BCUT2D eigenvalue weighted by Gasteiger charge is 2.01. The van der Waals surface area contributed by atoms with Crippen LogP contribution in [0.25, 0.3) is 0 Å². The van der Waals surface area contributed by atoms with Crippen molar-refractivity contribution in [3.8, 4) is 5.75 Å². The molecule has 0 unspecified atom stereocenters. The second kappa shape index (κ2) is 8.22. The molecule has 2 rings (SSSR count). The van der Waals surface area contributed by atoms with Crippen LogP contribution in [-0.4, -0.2) is 18.1 Å². The van der Waals surface area contributed by atoms with Crippen LogP contribution in [0.4, 0.5) is 0 Å². The van der Waals surface area contributed by atoms with Crippen molar-refractivity contribution in [1.29, 1.82) is 0 Å². The van der Waals surface area contributed by atoms with Gasteiger partial charge in [0.25, 0.3) is 0 Å². The van der Waals surface area contributed by atoms with Gasteiger partial charge in [0.05, 0.1) is 0 Å². The lowest BCUT2D eigenvalue weighted by atomic mass is 10.1. The molecule has 0 bridgehead atoms. The van der Waals surface area contributed by atoms with Crippen molar-refractivity contribution >= 4 is 17.2 Å². The van der Waals surface area contributed by atoms with E-state index in [9.17, 15) is 0 Å². The van der Waals surface area contributed by atoms with E-state index in [0.717, 1.165) is 29.3 Å². The summed E-state index contributed by atoms with van der Waals surface area (Å²) in [6, 6.07) is 18.1. The van der Waals surface area contributed by atoms with Gasteiger partial charge in [-0.2, -0.15) is 0 Å². The highest BCUT2D eigenvalue weighted by atomic mass is 32.1. The van der Waals surface area contributed by atoms with Crippen LogP contribution in [0.2, 0.25) is 0 Å². The lowest BCUT2D eigenvalue weighted by molar-refractivity contribution is 0.363. The van der Waals surface area contributed by atoms with E-state index in [0.29, 0.717) is 6.61 Å². The average Bonchev–Trinajstić information content (AvgIpc) is 2.54. The van der Waals surface area contributed by atoms with E-state index < -0.39 is 0 Å². The highest BCUT2D eigenvalue weighted by molar-refractivity contribution is 7.80. The first-order chi connectivity index (χ1) is 10.3. The van der Waals surface area contributed by atoms with Crippen molar-refractivity contribution in [2.24, 2.45) is 0 Å². The summed E-state index contributed by atoms with van der Waals surface area (Å²) < 4.78 is 5.45. The van der Waals surface area contributed by atoms with Crippen molar-refractivity contribution in [3.05, 3.63) is 78.4 Å². The van der Waals surface area contributed by atoms with E-state index >= 15 is 0 Å². The first kappa shape index (κ1) is 15.3. The van der Waals surface area contributed by atoms with Crippen LogP contribution in [0, 0.1) is 0 Å². The fourth-order valence-electron chi connectivity index (χ4n) is 1.92. The third-order valence-electron chi connectivity index (χ3n) is 3.03. The highest BCUT2D eigenvalue weighted by Crippen LogP contribution is 2.12. The van der Waals surface area contributed by atoms with Crippen molar-refractivity contribution in [2.75, 3.05) is 13.2 Å². The van der Waals surface area contributed by atoms with Gasteiger partial charge in [0.2, 0.25) is 0 Å². The number of hydrogen-bond donors (Lipinski definition) is 1. The minimum absolute atomic E-state index is 0.513. The Balaban J connectivity index is 1.81. The zero-order valence-electron chi connectivity index (χ0n) is 11.9. The smallest absolute Gasteiger partial charge is 0.119 e. The third-order valence-corrected chi connectivity index (χ3v) is 3.41. The normalized spacial score (nSPS) is 9.90. The Hall–Kier alpha value is -2.13. The Morgan fingerprint density at radius 1 is 1.10 bits per heavy atom.